The van der Waals surface area contributed by atoms with Crippen LogP contribution in [-0.4, -0.2) is 29.7 Å². The highest BCUT2D eigenvalue weighted by Gasteiger charge is 2.12. The summed E-state index contributed by atoms with van der Waals surface area (Å²) in [5.74, 6) is -0.695. The van der Waals surface area contributed by atoms with Gasteiger partial charge in [0.25, 0.3) is 0 Å². The predicted molar refractivity (Wildman–Crippen MR) is 67.8 cm³/mol. The Morgan fingerprint density at radius 3 is 2.32 bits per heavy atom. The molecule has 104 valence electrons. The molecule has 19 heavy (non-hydrogen) atoms. The van der Waals surface area contributed by atoms with Crippen molar-refractivity contribution in [3.63, 3.8) is 0 Å². The van der Waals surface area contributed by atoms with Gasteiger partial charge in [0.05, 0.1) is 6.61 Å². The smallest absolute Gasteiger partial charge is 0.308 e. The third kappa shape index (κ3) is 5.07. The number of hydrogen-bond donors (Lipinski definition) is 2. The van der Waals surface area contributed by atoms with Gasteiger partial charge in [0.1, 0.15) is 0 Å². The monoisotopic (exact) mass is 267 g/mol. The Bertz CT molecular complexity index is 472. The number of aliphatic hydroxyl groups excluding tert-OH is 1. The first-order valence-electron chi connectivity index (χ1n) is 5.78. The summed E-state index contributed by atoms with van der Waals surface area (Å²) in [5.41, 5.74) is 6.40. The van der Waals surface area contributed by atoms with Gasteiger partial charge in [-0.25, -0.2) is 0 Å². The minimum absolute atomic E-state index is 0.144. The van der Waals surface area contributed by atoms with Crippen LogP contribution in [0.1, 0.15) is 19.4 Å². The minimum Gasteiger partial charge on any atom is -0.423 e. The average molecular weight is 267 g/mol. The number of rotatable bonds is 5. The minimum atomic E-state index is -0.517. The van der Waals surface area contributed by atoms with Gasteiger partial charge < -0.3 is 20.3 Å². The predicted octanol–water partition coefficient (Wildman–Crippen LogP) is 0.399. The quantitative estimate of drug-likeness (QED) is 0.592. The molecule has 6 nitrogen and oxygen atoms in total. The third-order valence-corrected chi connectivity index (χ3v) is 2.25. The molecule has 1 aromatic rings. The van der Waals surface area contributed by atoms with Gasteiger partial charge >= 0.3 is 11.9 Å². The van der Waals surface area contributed by atoms with Crippen LogP contribution in [0.15, 0.2) is 18.2 Å². The van der Waals surface area contributed by atoms with Crippen LogP contribution in [-0.2, 0) is 16.0 Å². The zero-order chi connectivity index (χ0) is 14.4. The summed E-state index contributed by atoms with van der Waals surface area (Å²) in [5, 5.41) is 8.90. The van der Waals surface area contributed by atoms with E-state index in [1.54, 1.807) is 12.1 Å². The maximum Gasteiger partial charge on any atom is 0.308 e. The summed E-state index contributed by atoms with van der Waals surface area (Å²) in [4.78, 5) is 22.0. The summed E-state index contributed by atoms with van der Waals surface area (Å²) in [6.45, 7) is 2.37. The van der Waals surface area contributed by atoms with Crippen LogP contribution in [0, 0.1) is 0 Å². The maximum atomic E-state index is 11.0. The maximum absolute atomic E-state index is 11.0. The first-order chi connectivity index (χ1) is 8.92. The molecule has 0 amide bonds. The molecule has 0 heterocycles. The van der Waals surface area contributed by atoms with E-state index >= 15 is 0 Å². The molecule has 6 heteroatoms. The van der Waals surface area contributed by atoms with Crippen LogP contribution in [0.3, 0.4) is 0 Å². The fourth-order valence-corrected chi connectivity index (χ4v) is 1.52. The molecule has 0 fully saturated rings. The number of carbonyl (C=O) groups excluding carboxylic acids is 2. The van der Waals surface area contributed by atoms with Gasteiger partial charge in [-0.1, -0.05) is 6.07 Å². The molecule has 0 saturated carbocycles. The zero-order valence-corrected chi connectivity index (χ0v) is 10.9. The SMILES string of the molecule is CC(=O)Oc1ccc(CC(N)CO)cc1OC(C)=O. The molecule has 0 aliphatic carbocycles. The van der Waals surface area contributed by atoms with E-state index in [-0.39, 0.29) is 18.1 Å². The first-order valence-corrected chi connectivity index (χ1v) is 5.78. The highest BCUT2D eigenvalue weighted by molar-refractivity contribution is 5.73. The summed E-state index contributed by atoms with van der Waals surface area (Å²) in [6.07, 6.45) is 0.422. The lowest BCUT2D eigenvalue weighted by Crippen LogP contribution is -2.26. The Hall–Kier alpha value is -1.92. The van der Waals surface area contributed by atoms with Crippen molar-refractivity contribution < 1.29 is 24.2 Å². The van der Waals surface area contributed by atoms with Crippen molar-refractivity contribution in [1.82, 2.24) is 0 Å². The molecule has 0 aromatic heterocycles. The molecule has 0 saturated heterocycles. The Balaban J connectivity index is 3.00. The topological polar surface area (TPSA) is 98.8 Å². The largest absolute Gasteiger partial charge is 0.423 e. The van der Waals surface area contributed by atoms with E-state index in [0.29, 0.717) is 6.42 Å². The fraction of sp³-hybridized carbons (Fsp3) is 0.385. The van der Waals surface area contributed by atoms with Crippen molar-refractivity contribution in [2.75, 3.05) is 6.61 Å². The molecule has 1 aromatic carbocycles. The summed E-state index contributed by atoms with van der Waals surface area (Å²) in [7, 11) is 0. The van der Waals surface area contributed by atoms with Crippen LogP contribution in [0.25, 0.3) is 0 Å². The van der Waals surface area contributed by atoms with E-state index in [2.05, 4.69) is 0 Å². The van der Waals surface area contributed by atoms with Gasteiger partial charge in [-0.05, 0) is 24.1 Å². The number of aliphatic hydroxyl groups is 1. The number of ether oxygens (including phenoxy) is 2. The van der Waals surface area contributed by atoms with Crippen molar-refractivity contribution in [2.45, 2.75) is 26.3 Å². The number of benzene rings is 1. The Morgan fingerprint density at radius 2 is 1.79 bits per heavy atom. The Kier molecular flexibility index (Phi) is 5.47. The normalized spacial score (nSPS) is 11.8. The number of hydrogen-bond acceptors (Lipinski definition) is 6. The molecule has 1 rings (SSSR count). The van der Waals surface area contributed by atoms with Crippen molar-refractivity contribution >= 4 is 11.9 Å². The lowest BCUT2D eigenvalue weighted by Gasteiger charge is -2.12. The van der Waals surface area contributed by atoms with Gasteiger partial charge in [-0.15, -0.1) is 0 Å². The molecular formula is C13H17NO5. The number of nitrogens with two attached hydrogens (primary N) is 1. The standard InChI is InChI=1S/C13H17NO5/c1-8(16)18-12-4-3-10(5-11(14)7-15)6-13(12)19-9(2)17/h3-4,6,11,15H,5,7,14H2,1-2H3. The molecule has 0 aliphatic heterocycles. The van der Waals surface area contributed by atoms with Gasteiger partial charge in [-0.3, -0.25) is 9.59 Å². The van der Waals surface area contributed by atoms with E-state index < -0.39 is 18.0 Å². The van der Waals surface area contributed by atoms with Crippen molar-refractivity contribution in [1.29, 1.82) is 0 Å². The van der Waals surface area contributed by atoms with E-state index in [9.17, 15) is 9.59 Å². The number of carbonyl (C=O) groups is 2. The van der Waals surface area contributed by atoms with Crippen molar-refractivity contribution in [3.8, 4) is 11.5 Å². The van der Waals surface area contributed by atoms with Crippen LogP contribution >= 0.6 is 0 Å². The highest BCUT2D eigenvalue weighted by Crippen LogP contribution is 2.29. The van der Waals surface area contributed by atoms with E-state index in [4.69, 9.17) is 20.3 Å². The first kappa shape index (κ1) is 15.1. The van der Waals surface area contributed by atoms with Crippen molar-refractivity contribution in [3.05, 3.63) is 23.8 Å². The summed E-state index contributed by atoms with van der Waals surface area (Å²) >= 11 is 0. The zero-order valence-electron chi connectivity index (χ0n) is 10.9. The molecule has 0 aliphatic rings. The second-order valence-corrected chi connectivity index (χ2v) is 4.12. The Morgan fingerprint density at radius 1 is 1.21 bits per heavy atom. The third-order valence-electron chi connectivity index (χ3n) is 2.25. The van der Waals surface area contributed by atoms with E-state index in [0.717, 1.165) is 5.56 Å². The molecule has 0 spiro atoms. The van der Waals surface area contributed by atoms with Crippen LogP contribution in [0.2, 0.25) is 0 Å². The second kappa shape index (κ2) is 6.86. The van der Waals surface area contributed by atoms with Gasteiger partial charge in [0.15, 0.2) is 11.5 Å². The van der Waals surface area contributed by atoms with Crippen LogP contribution in [0.4, 0.5) is 0 Å². The Labute approximate surface area is 111 Å². The summed E-state index contributed by atoms with van der Waals surface area (Å²) < 4.78 is 9.92. The van der Waals surface area contributed by atoms with Gasteiger partial charge in [-0.2, -0.15) is 0 Å². The highest BCUT2D eigenvalue weighted by atomic mass is 16.6. The van der Waals surface area contributed by atoms with Gasteiger partial charge in [0, 0.05) is 19.9 Å². The molecule has 0 bridgehead atoms. The van der Waals surface area contributed by atoms with E-state index in [1.165, 1.54) is 19.9 Å². The fourth-order valence-electron chi connectivity index (χ4n) is 1.52. The number of esters is 2. The lowest BCUT2D eigenvalue weighted by molar-refractivity contribution is -0.134. The van der Waals surface area contributed by atoms with E-state index in [1.807, 2.05) is 0 Å². The van der Waals surface area contributed by atoms with Crippen LogP contribution in [0.5, 0.6) is 11.5 Å². The van der Waals surface area contributed by atoms with Crippen LogP contribution < -0.4 is 15.2 Å². The molecular weight excluding hydrogens is 250 g/mol. The van der Waals surface area contributed by atoms with Crippen molar-refractivity contribution in [2.24, 2.45) is 5.73 Å². The molecule has 3 N–H and O–H groups in total. The molecule has 1 unspecified atom stereocenters. The lowest BCUT2D eigenvalue weighted by atomic mass is 10.1. The van der Waals surface area contributed by atoms with Gasteiger partial charge in [0.2, 0.25) is 0 Å². The second-order valence-electron chi connectivity index (χ2n) is 4.12. The average Bonchev–Trinajstić information content (AvgIpc) is 2.31. The molecule has 0 radical (unpaired) electrons. The molecule has 1 atom stereocenters. The summed E-state index contributed by atoms with van der Waals surface area (Å²) in [6, 6.07) is 4.39.